The zero-order chi connectivity index (χ0) is 13.7. The number of rotatable bonds is 2. The van der Waals surface area contributed by atoms with Crippen molar-refractivity contribution < 1.29 is 0 Å². The summed E-state index contributed by atoms with van der Waals surface area (Å²) in [6, 6.07) is 4.16. The molecule has 0 unspecified atom stereocenters. The Balaban J connectivity index is 1.72. The monoisotopic (exact) mass is 265 g/mol. The molecule has 20 heavy (non-hydrogen) atoms. The van der Waals surface area contributed by atoms with Crippen LogP contribution in [0.15, 0.2) is 6.07 Å². The first-order valence-corrected chi connectivity index (χ1v) is 7.69. The van der Waals surface area contributed by atoms with Crippen molar-refractivity contribution in [1.29, 1.82) is 5.26 Å². The van der Waals surface area contributed by atoms with Gasteiger partial charge in [0.05, 0.1) is 0 Å². The average Bonchev–Trinajstić information content (AvgIpc) is 2.81. The van der Waals surface area contributed by atoms with Gasteiger partial charge in [-0.15, -0.1) is 6.42 Å². The summed E-state index contributed by atoms with van der Waals surface area (Å²) in [5, 5.41) is 13.5. The molecule has 4 saturated carbocycles. The first-order valence-electron chi connectivity index (χ1n) is 7.69. The molecular weight excluding hydrogens is 246 g/mol. The smallest absolute Gasteiger partial charge is 0.162 e. The van der Waals surface area contributed by atoms with Crippen molar-refractivity contribution in [3.8, 4) is 18.4 Å². The van der Waals surface area contributed by atoms with Crippen LogP contribution in [0.3, 0.4) is 0 Å². The van der Waals surface area contributed by atoms with Crippen LogP contribution in [0, 0.1) is 47.3 Å². The Labute approximate surface area is 120 Å². The highest BCUT2D eigenvalue weighted by atomic mass is 15.3. The Kier molecular flexibility index (Phi) is 2.64. The molecule has 1 aromatic heterocycles. The molecule has 0 radical (unpaired) electrons. The third-order valence-electron chi connectivity index (χ3n) is 5.73. The lowest BCUT2D eigenvalue weighted by molar-refractivity contribution is -0.00546. The number of hydrogen-bond acceptors (Lipinski definition) is 2. The molecule has 0 spiro atoms. The van der Waals surface area contributed by atoms with E-state index in [0.29, 0.717) is 18.2 Å². The maximum atomic E-state index is 9.12. The van der Waals surface area contributed by atoms with Gasteiger partial charge in [0.25, 0.3) is 0 Å². The lowest BCUT2D eigenvalue weighted by Crippen LogP contribution is -2.44. The lowest BCUT2D eigenvalue weighted by Gasteiger charge is -2.54. The molecule has 3 heteroatoms. The van der Waals surface area contributed by atoms with E-state index >= 15 is 0 Å². The summed E-state index contributed by atoms with van der Waals surface area (Å²) in [6.45, 7) is 0.486. The van der Waals surface area contributed by atoms with Crippen LogP contribution in [0.5, 0.6) is 0 Å². The fourth-order valence-corrected chi connectivity index (χ4v) is 5.38. The molecule has 0 aliphatic heterocycles. The van der Waals surface area contributed by atoms with Crippen LogP contribution in [0.25, 0.3) is 0 Å². The number of nitriles is 1. The third-order valence-corrected chi connectivity index (χ3v) is 5.73. The van der Waals surface area contributed by atoms with Gasteiger partial charge in [-0.3, -0.25) is 4.68 Å². The van der Waals surface area contributed by atoms with Crippen LogP contribution in [0.4, 0.5) is 0 Å². The highest BCUT2D eigenvalue weighted by molar-refractivity contribution is 5.27. The number of nitrogens with zero attached hydrogens (tertiary/aromatic N) is 3. The van der Waals surface area contributed by atoms with Crippen molar-refractivity contribution in [1.82, 2.24) is 9.78 Å². The molecule has 1 heterocycles. The van der Waals surface area contributed by atoms with E-state index < -0.39 is 0 Å². The zero-order valence-electron chi connectivity index (χ0n) is 11.6. The summed E-state index contributed by atoms with van der Waals surface area (Å²) in [6.07, 6.45) is 12.4. The van der Waals surface area contributed by atoms with Crippen molar-refractivity contribution in [3.63, 3.8) is 0 Å². The lowest BCUT2D eigenvalue weighted by atomic mass is 9.51. The van der Waals surface area contributed by atoms with Crippen LogP contribution < -0.4 is 0 Å². The van der Waals surface area contributed by atoms with Gasteiger partial charge in [0, 0.05) is 11.6 Å². The summed E-state index contributed by atoms with van der Waals surface area (Å²) in [4.78, 5) is 0. The van der Waals surface area contributed by atoms with Gasteiger partial charge < -0.3 is 0 Å². The summed E-state index contributed by atoms with van der Waals surface area (Å²) >= 11 is 0. The molecule has 3 nitrogen and oxygen atoms in total. The first kappa shape index (κ1) is 12.0. The van der Waals surface area contributed by atoms with E-state index in [1.807, 2.05) is 10.7 Å². The summed E-state index contributed by atoms with van der Waals surface area (Å²) in [5.74, 6) is 6.79. The van der Waals surface area contributed by atoms with E-state index in [1.54, 1.807) is 0 Å². The molecule has 4 bridgehead atoms. The molecular formula is C17H19N3. The Morgan fingerprint density at radius 3 is 2.40 bits per heavy atom. The van der Waals surface area contributed by atoms with Crippen molar-refractivity contribution >= 4 is 0 Å². The predicted octanol–water partition coefficient (Wildman–Crippen LogP) is 2.93. The Hall–Kier alpha value is -1.74. The van der Waals surface area contributed by atoms with Crippen LogP contribution in [-0.2, 0) is 6.54 Å². The molecule has 102 valence electrons. The standard InChI is InChI=1S/C17H19N3/c1-2-3-20-16(9-15(10-18)19-20)17-13-5-11-4-12(7-13)8-14(17)6-11/h1,9,11-14,17H,3-8H2. The van der Waals surface area contributed by atoms with Crippen LogP contribution in [0.1, 0.15) is 49.4 Å². The van der Waals surface area contributed by atoms with E-state index in [2.05, 4.69) is 17.1 Å². The maximum absolute atomic E-state index is 9.12. The number of aromatic nitrogens is 2. The Morgan fingerprint density at radius 2 is 1.85 bits per heavy atom. The zero-order valence-corrected chi connectivity index (χ0v) is 11.6. The number of hydrogen-bond donors (Lipinski definition) is 0. The van der Waals surface area contributed by atoms with Crippen LogP contribution in [-0.4, -0.2) is 9.78 Å². The molecule has 0 saturated heterocycles. The van der Waals surface area contributed by atoms with E-state index in [4.69, 9.17) is 11.7 Å². The molecule has 0 aromatic carbocycles. The Bertz CT molecular complexity index is 585. The molecule has 5 rings (SSSR count). The average molecular weight is 265 g/mol. The second kappa shape index (κ2) is 4.38. The van der Waals surface area contributed by atoms with E-state index in [0.717, 1.165) is 23.7 Å². The molecule has 0 atom stereocenters. The quantitative estimate of drug-likeness (QED) is 0.771. The third kappa shape index (κ3) is 1.70. The van der Waals surface area contributed by atoms with Crippen LogP contribution >= 0.6 is 0 Å². The van der Waals surface area contributed by atoms with Gasteiger partial charge in [-0.25, -0.2) is 0 Å². The maximum Gasteiger partial charge on any atom is 0.162 e. The largest absolute Gasteiger partial charge is 0.256 e. The van der Waals surface area contributed by atoms with Crippen molar-refractivity contribution in [2.75, 3.05) is 0 Å². The normalized spacial score (nSPS) is 37.6. The Morgan fingerprint density at radius 1 is 1.20 bits per heavy atom. The van der Waals surface area contributed by atoms with Gasteiger partial charge in [-0.1, -0.05) is 5.92 Å². The second-order valence-corrected chi connectivity index (χ2v) is 6.88. The highest BCUT2D eigenvalue weighted by Gasteiger charge is 2.49. The van der Waals surface area contributed by atoms with Crippen molar-refractivity contribution in [3.05, 3.63) is 17.5 Å². The minimum Gasteiger partial charge on any atom is -0.256 e. The summed E-state index contributed by atoms with van der Waals surface area (Å²) in [5.41, 5.74) is 1.75. The van der Waals surface area contributed by atoms with Crippen molar-refractivity contribution in [2.45, 2.75) is 44.6 Å². The van der Waals surface area contributed by atoms with Gasteiger partial charge in [-0.2, -0.15) is 10.4 Å². The van der Waals surface area contributed by atoms with Gasteiger partial charge in [-0.05, 0) is 61.8 Å². The van der Waals surface area contributed by atoms with E-state index in [-0.39, 0.29) is 0 Å². The van der Waals surface area contributed by atoms with E-state index in [1.165, 1.54) is 37.8 Å². The van der Waals surface area contributed by atoms with E-state index in [9.17, 15) is 0 Å². The van der Waals surface area contributed by atoms with Crippen molar-refractivity contribution in [2.24, 2.45) is 23.7 Å². The summed E-state index contributed by atoms with van der Waals surface area (Å²) in [7, 11) is 0. The summed E-state index contributed by atoms with van der Waals surface area (Å²) < 4.78 is 1.91. The second-order valence-electron chi connectivity index (χ2n) is 6.88. The van der Waals surface area contributed by atoms with Gasteiger partial charge in [0.2, 0.25) is 0 Å². The molecule has 4 aliphatic rings. The van der Waals surface area contributed by atoms with Gasteiger partial charge in [0.15, 0.2) is 5.69 Å². The minimum atomic E-state index is 0.486. The highest BCUT2D eigenvalue weighted by Crippen LogP contribution is 2.59. The van der Waals surface area contributed by atoms with Crippen LogP contribution in [0.2, 0.25) is 0 Å². The van der Waals surface area contributed by atoms with Gasteiger partial charge >= 0.3 is 0 Å². The topological polar surface area (TPSA) is 41.6 Å². The molecule has 1 aromatic rings. The number of terminal acetylenes is 1. The fraction of sp³-hybridized carbons (Fsp3) is 0.647. The molecule has 0 N–H and O–H groups in total. The SMILES string of the molecule is C#CCn1nc(C#N)cc1C1C2CC3CC(C2)CC1C3. The first-order chi connectivity index (χ1) is 9.78. The fourth-order valence-electron chi connectivity index (χ4n) is 5.38. The molecule has 0 amide bonds. The van der Waals surface area contributed by atoms with Gasteiger partial charge in [0.1, 0.15) is 12.6 Å². The molecule has 4 aliphatic carbocycles. The molecule has 4 fully saturated rings. The predicted molar refractivity (Wildman–Crippen MR) is 75.6 cm³/mol. The minimum absolute atomic E-state index is 0.486.